The molecule has 0 aliphatic carbocycles. The van der Waals surface area contributed by atoms with E-state index in [1.807, 2.05) is 24.3 Å². The van der Waals surface area contributed by atoms with Gasteiger partial charge in [-0.2, -0.15) is 0 Å². The van der Waals surface area contributed by atoms with Crippen LogP contribution < -0.4 is 0 Å². The highest BCUT2D eigenvalue weighted by molar-refractivity contribution is 6.63. The fourth-order valence-corrected chi connectivity index (χ4v) is 1.60. The SMILES string of the molecule is CCCc1ccc(C(=O)CCC(=O)Cl)cc1. The Balaban J connectivity index is 2.59. The van der Waals surface area contributed by atoms with E-state index in [9.17, 15) is 9.59 Å². The third-order valence-electron chi connectivity index (χ3n) is 2.36. The Kier molecular flexibility index (Phi) is 5.20. The predicted molar refractivity (Wildman–Crippen MR) is 64.9 cm³/mol. The summed E-state index contributed by atoms with van der Waals surface area (Å²) in [5.41, 5.74) is 1.88. The quantitative estimate of drug-likeness (QED) is 0.563. The molecule has 1 rings (SSSR count). The van der Waals surface area contributed by atoms with Crippen molar-refractivity contribution >= 4 is 22.6 Å². The van der Waals surface area contributed by atoms with Crippen molar-refractivity contribution in [3.8, 4) is 0 Å². The van der Waals surface area contributed by atoms with Crippen LogP contribution in [0.25, 0.3) is 0 Å². The highest BCUT2D eigenvalue weighted by atomic mass is 35.5. The molecule has 0 aliphatic rings. The second-order valence-corrected chi connectivity index (χ2v) is 4.15. The first-order valence-electron chi connectivity index (χ1n) is 5.44. The zero-order chi connectivity index (χ0) is 12.0. The lowest BCUT2D eigenvalue weighted by Gasteiger charge is -2.01. The summed E-state index contributed by atoms with van der Waals surface area (Å²) in [7, 11) is 0. The van der Waals surface area contributed by atoms with Crippen molar-refractivity contribution in [1.82, 2.24) is 0 Å². The molecule has 0 heterocycles. The summed E-state index contributed by atoms with van der Waals surface area (Å²) < 4.78 is 0. The molecule has 0 aliphatic heterocycles. The first-order chi connectivity index (χ1) is 7.63. The molecular weight excluding hydrogens is 224 g/mol. The van der Waals surface area contributed by atoms with E-state index in [1.54, 1.807) is 0 Å². The normalized spacial score (nSPS) is 10.1. The van der Waals surface area contributed by atoms with Gasteiger partial charge in [-0.1, -0.05) is 37.6 Å². The van der Waals surface area contributed by atoms with Gasteiger partial charge in [-0.3, -0.25) is 9.59 Å². The molecule has 0 unspecified atom stereocenters. The third kappa shape index (κ3) is 4.15. The summed E-state index contributed by atoms with van der Waals surface area (Å²) in [5.74, 6) is -0.0305. The Labute approximate surface area is 101 Å². The number of carbonyl (C=O) groups excluding carboxylic acids is 2. The van der Waals surface area contributed by atoms with Gasteiger partial charge in [0, 0.05) is 18.4 Å². The maximum atomic E-state index is 11.6. The second-order valence-electron chi connectivity index (χ2n) is 3.73. The van der Waals surface area contributed by atoms with Crippen LogP contribution in [-0.4, -0.2) is 11.0 Å². The zero-order valence-electron chi connectivity index (χ0n) is 9.33. The van der Waals surface area contributed by atoms with Gasteiger partial charge in [0.05, 0.1) is 0 Å². The van der Waals surface area contributed by atoms with E-state index >= 15 is 0 Å². The van der Waals surface area contributed by atoms with Crippen LogP contribution >= 0.6 is 11.6 Å². The molecule has 0 amide bonds. The van der Waals surface area contributed by atoms with E-state index in [4.69, 9.17) is 11.6 Å². The number of hydrogen-bond donors (Lipinski definition) is 0. The Bertz CT molecular complexity index is 368. The molecular formula is C13H15ClO2. The van der Waals surface area contributed by atoms with Crippen LogP contribution in [-0.2, 0) is 11.2 Å². The molecule has 0 saturated carbocycles. The molecule has 0 aromatic heterocycles. The number of benzene rings is 1. The minimum absolute atomic E-state index is 0.0305. The molecule has 86 valence electrons. The fourth-order valence-electron chi connectivity index (χ4n) is 1.50. The van der Waals surface area contributed by atoms with Gasteiger partial charge >= 0.3 is 0 Å². The maximum Gasteiger partial charge on any atom is 0.222 e. The van der Waals surface area contributed by atoms with Crippen LogP contribution in [0.5, 0.6) is 0 Å². The van der Waals surface area contributed by atoms with E-state index in [0.717, 1.165) is 12.8 Å². The Morgan fingerprint density at radius 2 is 1.75 bits per heavy atom. The van der Waals surface area contributed by atoms with Gasteiger partial charge in [-0.05, 0) is 23.6 Å². The summed E-state index contributed by atoms with van der Waals surface area (Å²) >= 11 is 5.18. The summed E-state index contributed by atoms with van der Waals surface area (Å²) in [6.07, 6.45) is 2.41. The second kappa shape index (κ2) is 6.44. The first kappa shape index (κ1) is 12.9. The maximum absolute atomic E-state index is 11.6. The number of Topliss-reactive ketones (excluding diaryl/α,β-unsaturated/α-hetero) is 1. The predicted octanol–water partition coefficient (Wildman–Crippen LogP) is 3.37. The van der Waals surface area contributed by atoms with Crippen molar-refractivity contribution in [3.05, 3.63) is 35.4 Å². The smallest absolute Gasteiger partial charge is 0.222 e. The van der Waals surface area contributed by atoms with Crippen molar-refractivity contribution in [2.75, 3.05) is 0 Å². The number of halogens is 1. The minimum Gasteiger partial charge on any atom is -0.294 e. The fraction of sp³-hybridized carbons (Fsp3) is 0.385. The first-order valence-corrected chi connectivity index (χ1v) is 5.81. The molecule has 0 radical (unpaired) electrons. The Morgan fingerprint density at radius 3 is 2.25 bits per heavy atom. The van der Waals surface area contributed by atoms with E-state index in [-0.39, 0.29) is 18.6 Å². The molecule has 1 aromatic carbocycles. The highest BCUT2D eigenvalue weighted by Crippen LogP contribution is 2.10. The van der Waals surface area contributed by atoms with Crippen LogP contribution in [0.3, 0.4) is 0 Å². The molecule has 2 nitrogen and oxygen atoms in total. The summed E-state index contributed by atoms with van der Waals surface area (Å²) in [6.45, 7) is 2.12. The topological polar surface area (TPSA) is 34.1 Å². The van der Waals surface area contributed by atoms with Gasteiger partial charge in [0.2, 0.25) is 5.24 Å². The standard InChI is InChI=1S/C13H15ClO2/c1-2-3-10-4-6-11(7-5-10)12(15)8-9-13(14)16/h4-7H,2-3,8-9H2,1H3. The average molecular weight is 239 g/mol. The van der Waals surface area contributed by atoms with E-state index in [0.29, 0.717) is 5.56 Å². The van der Waals surface area contributed by atoms with Crippen molar-refractivity contribution in [1.29, 1.82) is 0 Å². The van der Waals surface area contributed by atoms with Gasteiger partial charge in [-0.25, -0.2) is 0 Å². The van der Waals surface area contributed by atoms with Gasteiger partial charge in [0.15, 0.2) is 5.78 Å². The number of carbonyl (C=O) groups is 2. The van der Waals surface area contributed by atoms with Gasteiger partial charge in [0.1, 0.15) is 0 Å². The minimum atomic E-state index is -0.462. The van der Waals surface area contributed by atoms with Crippen LogP contribution in [0, 0.1) is 0 Å². The molecule has 0 spiro atoms. The lowest BCUT2D eigenvalue weighted by atomic mass is 10.0. The van der Waals surface area contributed by atoms with Gasteiger partial charge in [-0.15, -0.1) is 0 Å². The van der Waals surface area contributed by atoms with Gasteiger partial charge in [0.25, 0.3) is 0 Å². The molecule has 3 heteroatoms. The van der Waals surface area contributed by atoms with E-state index in [2.05, 4.69) is 6.92 Å². The Hall–Kier alpha value is -1.15. The Morgan fingerprint density at radius 1 is 1.12 bits per heavy atom. The van der Waals surface area contributed by atoms with Crippen LogP contribution in [0.2, 0.25) is 0 Å². The zero-order valence-corrected chi connectivity index (χ0v) is 10.1. The van der Waals surface area contributed by atoms with Gasteiger partial charge < -0.3 is 0 Å². The van der Waals surface area contributed by atoms with E-state index < -0.39 is 5.24 Å². The van der Waals surface area contributed by atoms with Crippen LogP contribution in [0.15, 0.2) is 24.3 Å². The number of rotatable bonds is 6. The largest absolute Gasteiger partial charge is 0.294 e. The molecule has 0 N–H and O–H groups in total. The highest BCUT2D eigenvalue weighted by Gasteiger charge is 2.07. The van der Waals surface area contributed by atoms with Crippen molar-refractivity contribution in [3.63, 3.8) is 0 Å². The van der Waals surface area contributed by atoms with Crippen molar-refractivity contribution in [2.24, 2.45) is 0 Å². The van der Waals surface area contributed by atoms with Crippen molar-refractivity contribution in [2.45, 2.75) is 32.6 Å². The van der Waals surface area contributed by atoms with Crippen LogP contribution in [0.4, 0.5) is 0 Å². The lowest BCUT2D eigenvalue weighted by molar-refractivity contribution is -0.111. The van der Waals surface area contributed by atoms with Crippen molar-refractivity contribution < 1.29 is 9.59 Å². The monoisotopic (exact) mass is 238 g/mol. The number of aryl methyl sites for hydroxylation is 1. The van der Waals surface area contributed by atoms with Crippen LogP contribution in [0.1, 0.15) is 42.1 Å². The lowest BCUT2D eigenvalue weighted by Crippen LogP contribution is -2.01. The molecule has 0 atom stereocenters. The third-order valence-corrected chi connectivity index (χ3v) is 2.55. The number of hydrogen-bond acceptors (Lipinski definition) is 2. The number of ketones is 1. The molecule has 16 heavy (non-hydrogen) atoms. The van der Waals surface area contributed by atoms with E-state index in [1.165, 1.54) is 5.56 Å². The summed E-state index contributed by atoms with van der Waals surface area (Å²) in [5, 5.41) is -0.462. The molecule has 0 fully saturated rings. The molecule has 0 bridgehead atoms. The summed E-state index contributed by atoms with van der Waals surface area (Å²) in [6, 6.07) is 7.54. The average Bonchev–Trinajstić information content (AvgIpc) is 2.27. The molecule has 0 saturated heterocycles. The summed E-state index contributed by atoms with van der Waals surface area (Å²) in [4.78, 5) is 22.1. The molecule has 1 aromatic rings.